The van der Waals surface area contributed by atoms with E-state index < -0.39 is 11.2 Å². The van der Waals surface area contributed by atoms with Crippen LogP contribution >= 0.6 is 34.7 Å². The summed E-state index contributed by atoms with van der Waals surface area (Å²) in [5.74, 6) is 0.162. The molecule has 1 amide bonds. The number of hydrogen-bond donors (Lipinski definition) is 1. The van der Waals surface area contributed by atoms with E-state index >= 15 is 0 Å². The van der Waals surface area contributed by atoms with Crippen molar-refractivity contribution >= 4 is 50.8 Å². The average molecular weight is 448 g/mol. The number of thioether (sulfide) groups is 1. The number of aromatic nitrogens is 2. The van der Waals surface area contributed by atoms with Crippen molar-refractivity contribution in [1.29, 1.82) is 0 Å². The first-order valence-corrected chi connectivity index (χ1v) is 11.6. The van der Waals surface area contributed by atoms with Crippen LogP contribution in [0.4, 0.5) is 0 Å². The largest absolute Gasteiger partial charge is 0.369 e. The quantitative estimate of drug-likeness (QED) is 0.471. The van der Waals surface area contributed by atoms with Gasteiger partial charge in [-0.2, -0.15) is 0 Å². The summed E-state index contributed by atoms with van der Waals surface area (Å²) in [4.78, 5) is 32.1. The maximum Gasteiger partial charge on any atom is 0.267 e. The predicted molar refractivity (Wildman–Crippen MR) is 121 cm³/mol. The minimum absolute atomic E-state index is 0.110. The number of primary amides is 1. The molecule has 0 saturated carbocycles. The van der Waals surface area contributed by atoms with E-state index in [1.165, 1.54) is 16.6 Å². The lowest BCUT2D eigenvalue weighted by molar-refractivity contribution is -0.117. The second-order valence-electron chi connectivity index (χ2n) is 7.66. The molecule has 5 nitrogen and oxygen atoms in total. The van der Waals surface area contributed by atoms with Crippen LogP contribution in [0.1, 0.15) is 36.3 Å². The molecule has 2 aromatic heterocycles. The minimum Gasteiger partial charge on any atom is -0.369 e. The van der Waals surface area contributed by atoms with E-state index in [2.05, 4.69) is 6.92 Å². The number of rotatable bonds is 4. The van der Waals surface area contributed by atoms with Crippen molar-refractivity contribution < 1.29 is 4.79 Å². The van der Waals surface area contributed by atoms with Crippen molar-refractivity contribution in [3.63, 3.8) is 0 Å². The summed E-state index contributed by atoms with van der Waals surface area (Å²) in [5.41, 5.74) is 8.06. The van der Waals surface area contributed by atoms with Crippen LogP contribution in [0.5, 0.6) is 0 Å². The number of carbonyl (C=O) groups is 1. The van der Waals surface area contributed by atoms with Gasteiger partial charge in [-0.05, 0) is 62.3 Å². The zero-order valence-corrected chi connectivity index (χ0v) is 18.9. The second-order valence-corrected chi connectivity index (χ2v) is 10.5. The highest BCUT2D eigenvalue weighted by atomic mass is 35.5. The number of nitrogens with two attached hydrogens (primary N) is 1. The summed E-state index contributed by atoms with van der Waals surface area (Å²) in [6.07, 6.45) is 2.95. The van der Waals surface area contributed by atoms with Gasteiger partial charge in [-0.3, -0.25) is 14.2 Å². The molecule has 0 radical (unpaired) electrons. The highest BCUT2D eigenvalue weighted by Gasteiger charge is 2.26. The lowest BCUT2D eigenvalue weighted by Gasteiger charge is -2.18. The Morgan fingerprint density at radius 1 is 1.45 bits per heavy atom. The molecular formula is C21H22ClN3O2S2. The number of halogens is 1. The maximum atomic E-state index is 13.7. The van der Waals surface area contributed by atoms with E-state index in [1.54, 1.807) is 28.9 Å². The molecule has 0 saturated heterocycles. The maximum absolute atomic E-state index is 13.7. The Morgan fingerprint density at radius 2 is 2.21 bits per heavy atom. The number of nitrogens with zero attached hydrogens (tertiary/aromatic N) is 2. The number of benzene rings is 1. The molecule has 0 fully saturated rings. The molecule has 152 valence electrons. The van der Waals surface area contributed by atoms with Crippen LogP contribution in [-0.4, -0.2) is 20.7 Å². The van der Waals surface area contributed by atoms with Crippen LogP contribution in [0.15, 0.2) is 28.2 Å². The van der Waals surface area contributed by atoms with Gasteiger partial charge in [-0.1, -0.05) is 36.4 Å². The summed E-state index contributed by atoms with van der Waals surface area (Å²) >= 11 is 9.13. The van der Waals surface area contributed by atoms with Crippen LogP contribution in [0.3, 0.4) is 0 Å². The smallest absolute Gasteiger partial charge is 0.267 e. The molecule has 0 bridgehead atoms. The molecule has 29 heavy (non-hydrogen) atoms. The standard InChI is InChI=1S/C21H22ClN3O2S2/c1-10-4-7-14-16(8-10)29-19-17(14)20(27)25(13-6-5-11(2)15(22)9-13)21(24-19)28-12(3)18(23)26/h5-6,9-10,12H,4,7-8H2,1-3H3,(H2,23,26). The fourth-order valence-electron chi connectivity index (χ4n) is 3.62. The lowest BCUT2D eigenvalue weighted by atomic mass is 9.89. The average Bonchev–Trinajstić information content (AvgIpc) is 3.01. The topological polar surface area (TPSA) is 78.0 Å². The Kier molecular flexibility index (Phi) is 5.48. The first-order chi connectivity index (χ1) is 13.8. The van der Waals surface area contributed by atoms with E-state index in [1.807, 2.05) is 19.1 Å². The molecule has 0 aliphatic heterocycles. The third-order valence-electron chi connectivity index (χ3n) is 5.40. The number of amides is 1. The van der Waals surface area contributed by atoms with E-state index in [4.69, 9.17) is 22.3 Å². The third kappa shape index (κ3) is 3.71. The molecule has 1 aromatic carbocycles. The Bertz CT molecular complexity index is 1180. The molecular weight excluding hydrogens is 426 g/mol. The number of fused-ring (bicyclic) bond motifs is 3. The summed E-state index contributed by atoms with van der Waals surface area (Å²) < 4.78 is 1.57. The molecule has 3 aromatic rings. The van der Waals surface area contributed by atoms with Gasteiger partial charge in [0.05, 0.1) is 16.3 Å². The molecule has 1 aliphatic carbocycles. The van der Waals surface area contributed by atoms with Crippen LogP contribution in [0, 0.1) is 12.8 Å². The number of aryl methyl sites for hydroxylation is 2. The second kappa shape index (κ2) is 7.78. The van der Waals surface area contributed by atoms with Crippen molar-refractivity contribution in [3.8, 4) is 5.69 Å². The van der Waals surface area contributed by atoms with Gasteiger partial charge in [-0.15, -0.1) is 11.3 Å². The van der Waals surface area contributed by atoms with Crippen molar-refractivity contribution in [2.24, 2.45) is 11.7 Å². The third-order valence-corrected chi connectivity index (χ3v) is 8.02. The van der Waals surface area contributed by atoms with Gasteiger partial charge in [0.1, 0.15) is 4.83 Å². The van der Waals surface area contributed by atoms with Crippen molar-refractivity contribution in [2.75, 3.05) is 0 Å². The van der Waals surface area contributed by atoms with Crippen molar-refractivity contribution in [2.45, 2.75) is 50.4 Å². The van der Waals surface area contributed by atoms with Gasteiger partial charge in [0.2, 0.25) is 5.91 Å². The summed E-state index contributed by atoms with van der Waals surface area (Å²) in [6.45, 7) is 5.87. The lowest BCUT2D eigenvalue weighted by Crippen LogP contribution is -2.26. The zero-order chi connectivity index (χ0) is 20.9. The Balaban J connectivity index is 1.99. The van der Waals surface area contributed by atoms with Gasteiger partial charge in [0, 0.05) is 9.90 Å². The van der Waals surface area contributed by atoms with E-state index in [0.717, 1.165) is 35.2 Å². The highest BCUT2D eigenvalue weighted by Crippen LogP contribution is 2.37. The molecule has 4 rings (SSSR count). The molecule has 1 aliphatic rings. The van der Waals surface area contributed by atoms with Gasteiger partial charge >= 0.3 is 0 Å². The van der Waals surface area contributed by atoms with E-state index in [9.17, 15) is 9.59 Å². The van der Waals surface area contributed by atoms with Crippen LogP contribution in [0.25, 0.3) is 15.9 Å². The van der Waals surface area contributed by atoms with Crippen LogP contribution < -0.4 is 11.3 Å². The SMILES string of the molecule is Cc1ccc(-n2c(SC(C)C(N)=O)nc3sc4c(c3c2=O)CCC(C)C4)cc1Cl. The fourth-order valence-corrected chi connectivity index (χ4v) is 6.09. The monoisotopic (exact) mass is 447 g/mol. The Hall–Kier alpha value is -1.83. The summed E-state index contributed by atoms with van der Waals surface area (Å²) in [5, 5.41) is 1.22. The summed E-state index contributed by atoms with van der Waals surface area (Å²) in [6, 6.07) is 5.51. The Labute approximate surface area is 182 Å². The normalized spacial score (nSPS) is 17.3. The van der Waals surface area contributed by atoms with Crippen molar-refractivity contribution in [3.05, 3.63) is 49.6 Å². The molecule has 2 atom stereocenters. The van der Waals surface area contributed by atoms with Crippen molar-refractivity contribution in [1.82, 2.24) is 9.55 Å². The predicted octanol–water partition coefficient (Wildman–Crippen LogP) is 4.50. The number of hydrogen-bond acceptors (Lipinski definition) is 5. The minimum atomic E-state index is -0.513. The van der Waals surface area contributed by atoms with Gasteiger partial charge in [-0.25, -0.2) is 4.98 Å². The molecule has 2 heterocycles. The van der Waals surface area contributed by atoms with E-state index in [-0.39, 0.29) is 5.56 Å². The van der Waals surface area contributed by atoms with Gasteiger partial charge in [0.15, 0.2) is 5.16 Å². The first kappa shape index (κ1) is 20.4. The van der Waals surface area contributed by atoms with Crippen LogP contribution in [0.2, 0.25) is 5.02 Å². The highest BCUT2D eigenvalue weighted by molar-refractivity contribution is 8.00. The molecule has 2 N–H and O–H groups in total. The van der Waals surface area contributed by atoms with E-state index in [0.29, 0.717) is 27.2 Å². The molecule has 0 spiro atoms. The molecule has 8 heteroatoms. The molecule has 2 unspecified atom stereocenters. The number of carbonyl (C=O) groups excluding carboxylic acids is 1. The first-order valence-electron chi connectivity index (χ1n) is 9.56. The number of thiophene rings is 1. The zero-order valence-electron chi connectivity index (χ0n) is 16.5. The fraction of sp³-hybridized carbons (Fsp3) is 0.381. The van der Waals surface area contributed by atoms with Gasteiger partial charge in [0.25, 0.3) is 5.56 Å². The van der Waals surface area contributed by atoms with Crippen LogP contribution in [-0.2, 0) is 17.6 Å². The van der Waals surface area contributed by atoms with Gasteiger partial charge < -0.3 is 5.73 Å². The Morgan fingerprint density at radius 3 is 2.90 bits per heavy atom. The summed E-state index contributed by atoms with van der Waals surface area (Å²) in [7, 11) is 0.